The Labute approximate surface area is 78.2 Å². The van der Waals surface area contributed by atoms with E-state index in [9.17, 15) is 4.79 Å². The van der Waals surface area contributed by atoms with Gasteiger partial charge < -0.3 is 14.6 Å². The Balaban J connectivity index is 3.68. The third-order valence-corrected chi connectivity index (χ3v) is 1.36. The Morgan fingerprint density at radius 2 is 2.15 bits per heavy atom. The Morgan fingerprint density at radius 1 is 1.54 bits per heavy atom. The fourth-order valence-corrected chi connectivity index (χ4v) is 0.584. The molecule has 0 aromatic heterocycles. The van der Waals surface area contributed by atoms with E-state index in [4.69, 9.17) is 14.6 Å². The molecule has 0 radical (unpaired) electrons. The van der Waals surface area contributed by atoms with Crippen LogP contribution < -0.4 is 0 Å². The number of aliphatic hydroxyl groups is 1. The normalized spacial score (nSPS) is 11.9. The lowest BCUT2D eigenvalue weighted by molar-refractivity contribution is -0.144. The lowest BCUT2D eigenvalue weighted by Crippen LogP contribution is -2.16. The molecule has 0 amide bonds. The number of carbonyl (C=O) groups is 1. The first-order chi connectivity index (χ1) is 6.11. The van der Waals surface area contributed by atoms with Crippen molar-refractivity contribution >= 4 is 5.97 Å². The van der Waals surface area contributed by atoms with E-state index in [-0.39, 0.29) is 24.9 Å². The van der Waals surface area contributed by atoms with Gasteiger partial charge in [0.1, 0.15) is 0 Å². The first-order valence-corrected chi connectivity index (χ1v) is 4.21. The Morgan fingerprint density at radius 3 is 2.62 bits per heavy atom. The van der Waals surface area contributed by atoms with Gasteiger partial charge in [-0.25, -0.2) is 4.79 Å². The highest BCUT2D eigenvalue weighted by molar-refractivity contribution is 5.85. The van der Waals surface area contributed by atoms with Gasteiger partial charge in [-0.2, -0.15) is 0 Å². The third kappa shape index (κ3) is 5.25. The maximum atomic E-state index is 11.0. The Kier molecular flexibility index (Phi) is 5.97. The van der Waals surface area contributed by atoms with Crippen molar-refractivity contribution in [2.75, 3.05) is 19.8 Å². The van der Waals surface area contributed by atoms with Crippen LogP contribution in [0, 0.1) is 5.92 Å². The number of hydrogen-bond donors (Lipinski definition) is 1. The SMILES string of the molecule is C=C(OCC)C(=O)OCC(C)CO. The Bertz CT molecular complexity index is 176. The molecule has 1 unspecified atom stereocenters. The average molecular weight is 188 g/mol. The lowest BCUT2D eigenvalue weighted by Gasteiger charge is -2.10. The van der Waals surface area contributed by atoms with Crippen molar-refractivity contribution in [1.82, 2.24) is 0 Å². The zero-order chi connectivity index (χ0) is 10.3. The van der Waals surface area contributed by atoms with Gasteiger partial charge in [0.15, 0.2) is 5.76 Å². The van der Waals surface area contributed by atoms with Crippen LogP contribution in [-0.2, 0) is 14.3 Å². The highest BCUT2D eigenvalue weighted by Crippen LogP contribution is 2.00. The second-order valence-corrected chi connectivity index (χ2v) is 2.74. The van der Waals surface area contributed by atoms with Gasteiger partial charge in [-0.1, -0.05) is 6.92 Å². The van der Waals surface area contributed by atoms with Crippen LogP contribution in [0.4, 0.5) is 0 Å². The second kappa shape index (κ2) is 6.48. The molecule has 0 aliphatic carbocycles. The molecule has 0 aliphatic heterocycles. The van der Waals surface area contributed by atoms with Crippen molar-refractivity contribution in [3.63, 3.8) is 0 Å². The van der Waals surface area contributed by atoms with Crippen LogP contribution >= 0.6 is 0 Å². The van der Waals surface area contributed by atoms with Crippen LogP contribution in [0.1, 0.15) is 13.8 Å². The van der Waals surface area contributed by atoms with E-state index in [0.29, 0.717) is 6.61 Å². The molecule has 0 rings (SSSR count). The van der Waals surface area contributed by atoms with Crippen LogP contribution in [0.5, 0.6) is 0 Å². The molecule has 0 aliphatic rings. The second-order valence-electron chi connectivity index (χ2n) is 2.74. The molecule has 0 aromatic carbocycles. The molecule has 0 saturated carbocycles. The first kappa shape index (κ1) is 12.0. The molecule has 0 aromatic rings. The quantitative estimate of drug-likeness (QED) is 0.379. The van der Waals surface area contributed by atoms with E-state index in [0.717, 1.165) is 0 Å². The predicted molar refractivity (Wildman–Crippen MR) is 48.0 cm³/mol. The lowest BCUT2D eigenvalue weighted by atomic mass is 10.2. The van der Waals surface area contributed by atoms with E-state index in [1.165, 1.54) is 0 Å². The number of rotatable bonds is 6. The molecular weight excluding hydrogens is 172 g/mol. The van der Waals surface area contributed by atoms with Crippen molar-refractivity contribution in [1.29, 1.82) is 0 Å². The minimum absolute atomic E-state index is 0.00556. The van der Waals surface area contributed by atoms with Gasteiger partial charge in [-0.3, -0.25) is 0 Å². The number of hydrogen-bond acceptors (Lipinski definition) is 4. The zero-order valence-corrected chi connectivity index (χ0v) is 8.08. The largest absolute Gasteiger partial charge is 0.487 e. The Hall–Kier alpha value is -1.03. The van der Waals surface area contributed by atoms with Gasteiger partial charge in [-0.15, -0.1) is 0 Å². The van der Waals surface area contributed by atoms with Crippen LogP contribution in [0.15, 0.2) is 12.3 Å². The molecule has 4 nitrogen and oxygen atoms in total. The van der Waals surface area contributed by atoms with Gasteiger partial charge in [0.2, 0.25) is 0 Å². The van der Waals surface area contributed by atoms with Crippen molar-refractivity contribution < 1.29 is 19.4 Å². The molecule has 1 atom stereocenters. The van der Waals surface area contributed by atoms with Crippen LogP contribution in [0.25, 0.3) is 0 Å². The fraction of sp³-hybridized carbons (Fsp3) is 0.667. The highest BCUT2D eigenvalue weighted by atomic mass is 16.6. The van der Waals surface area contributed by atoms with E-state index in [2.05, 4.69) is 6.58 Å². The number of esters is 1. The maximum Gasteiger partial charge on any atom is 0.372 e. The maximum absolute atomic E-state index is 11.0. The van der Waals surface area contributed by atoms with E-state index < -0.39 is 5.97 Å². The van der Waals surface area contributed by atoms with Crippen molar-refractivity contribution in [3.05, 3.63) is 12.3 Å². The number of aliphatic hydroxyl groups excluding tert-OH is 1. The molecule has 1 N–H and O–H groups in total. The number of carbonyl (C=O) groups excluding carboxylic acids is 1. The minimum Gasteiger partial charge on any atom is -0.487 e. The molecule has 0 fully saturated rings. The predicted octanol–water partition coefficient (Wildman–Crippen LogP) is 0.708. The highest BCUT2D eigenvalue weighted by Gasteiger charge is 2.10. The summed E-state index contributed by atoms with van der Waals surface area (Å²) in [6.07, 6.45) is 0. The molecule has 0 bridgehead atoms. The molecule has 0 spiro atoms. The minimum atomic E-state index is -0.567. The summed E-state index contributed by atoms with van der Waals surface area (Å²) in [5, 5.41) is 8.64. The molecule has 0 saturated heterocycles. The fourth-order valence-electron chi connectivity index (χ4n) is 0.584. The van der Waals surface area contributed by atoms with E-state index >= 15 is 0 Å². The summed E-state index contributed by atoms with van der Waals surface area (Å²) >= 11 is 0. The van der Waals surface area contributed by atoms with Crippen molar-refractivity contribution in [2.24, 2.45) is 5.92 Å². The smallest absolute Gasteiger partial charge is 0.372 e. The summed E-state index contributed by atoms with van der Waals surface area (Å²) in [7, 11) is 0. The van der Waals surface area contributed by atoms with E-state index in [1.54, 1.807) is 13.8 Å². The average Bonchev–Trinajstić information content (AvgIpc) is 2.13. The topological polar surface area (TPSA) is 55.8 Å². The molecule has 0 heterocycles. The standard InChI is InChI=1S/C9H16O4/c1-4-12-8(3)9(11)13-6-7(2)5-10/h7,10H,3-6H2,1-2H3. The molecule has 13 heavy (non-hydrogen) atoms. The van der Waals surface area contributed by atoms with E-state index in [1.807, 2.05) is 0 Å². The van der Waals surface area contributed by atoms with Crippen LogP contribution in [0.3, 0.4) is 0 Å². The van der Waals surface area contributed by atoms with Gasteiger partial charge in [-0.05, 0) is 13.5 Å². The van der Waals surface area contributed by atoms with Gasteiger partial charge in [0, 0.05) is 12.5 Å². The molecule has 4 heteroatoms. The molecule has 76 valence electrons. The van der Waals surface area contributed by atoms with Crippen molar-refractivity contribution in [2.45, 2.75) is 13.8 Å². The summed E-state index contributed by atoms with van der Waals surface area (Å²) in [6, 6.07) is 0. The van der Waals surface area contributed by atoms with Crippen LogP contribution in [0.2, 0.25) is 0 Å². The van der Waals surface area contributed by atoms with Crippen LogP contribution in [-0.4, -0.2) is 30.9 Å². The zero-order valence-electron chi connectivity index (χ0n) is 8.08. The van der Waals surface area contributed by atoms with Crippen molar-refractivity contribution in [3.8, 4) is 0 Å². The third-order valence-electron chi connectivity index (χ3n) is 1.36. The summed E-state index contributed by atoms with van der Waals surface area (Å²) in [5.41, 5.74) is 0. The van der Waals surface area contributed by atoms with Gasteiger partial charge in [0.05, 0.1) is 13.2 Å². The summed E-state index contributed by atoms with van der Waals surface area (Å²) in [5.74, 6) is -0.617. The first-order valence-electron chi connectivity index (χ1n) is 4.21. The summed E-state index contributed by atoms with van der Waals surface area (Å²) < 4.78 is 9.62. The summed E-state index contributed by atoms with van der Waals surface area (Å²) in [6.45, 7) is 7.49. The molecular formula is C9H16O4. The monoisotopic (exact) mass is 188 g/mol. The summed E-state index contributed by atoms with van der Waals surface area (Å²) in [4.78, 5) is 11.0. The van der Waals surface area contributed by atoms with Gasteiger partial charge in [0.25, 0.3) is 0 Å². The van der Waals surface area contributed by atoms with Gasteiger partial charge >= 0.3 is 5.97 Å². The number of ether oxygens (including phenoxy) is 2.